The molecule has 190 valence electrons. The zero-order valence-electron chi connectivity index (χ0n) is 21.0. The Balaban J connectivity index is 1.33. The highest BCUT2D eigenvalue weighted by Crippen LogP contribution is 2.29. The number of nitrogens with zero attached hydrogens (tertiary/aromatic N) is 2. The van der Waals surface area contributed by atoms with Gasteiger partial charge in [-0.1, -0.05) is 42.0 Å². The molecule has 8 heteroatoms. The van der Waals surface area contributed by atoms with Crippen LogP contribution in [0.2, 0.25) is 0 Å². The SMILES string of the molecule is Cc1cc(C)c(S(=O)(=O)N2CCC(C(=O)NCc3ccccc3CN3CCOCC3)CC2)c(C)c1. The number of benzene rings is 2. The Kier molecular flexibility index (Phi) is 8.27. The Bertz CT molecular complexity index is 1130. The smallest absolute Gasteiger partial charge is 0.243 e. The summed E-state index contributed by atoms with van der Waals surface area (Å²) in [5.74, 6) is -0.168. The van der Waals surface area contributed by atoms with Crippen LogP contribution in [0.4, 0.5) is 0 Å². The predicted octanol–water partition coefficient (Wildman–Crippen LogP) is 3.16. The highest BCUT2D eigenvalue weighted by molar-refractivity contribution is 7.89. The number of carbonyl (C=O) groups excluding carboxylic acids is 1. The van der Waals surface area contributed by atoms with Crippen molar-refractivity contribution in [2.75, 3.05) is 39.4 Å². The van der Waals surface area contributed by atoms with E-state index in [1.807, 2.05) is 45.0 Å². The molecule has 4 rings (SSSR count). The number of piperidine rings is 1. The van der Waals surface area contributed by atoms with Crippen molar-refractivity contribution in [1.29, 1.82) is 0 Å². The molecule has 7 nitrogen and oxygen atoms in total. The van der Waals surface area contributed by atoms with E-state index in [4.69, 9.17) is 4.74 Å². The first kappa shape index (κ1) is 25.8. The molecule has 2 fully saturated rings. The van der Waals surface area contributed by atoms with Crippen molar-refractivity contribution in [3.05, 3.63) is 64.2 Å². The fourth-order valence-electron chi connectivity index (χ4n) is 5.27. The number of sulfonamides is 1. The maximum Gasteiger partial charge on any atom is 0.243 e. The lowest BCUT2D eigenvalue weighted by Crippen LogP contribution is -2.43. The van der Waals surface area contributed by atoms with Gasteiger partial charge in [0.25, 0.3) is 0 Å². The molecule has 0 atom stereocenters. The lowest BCUT2D eigenvalue weighted by Gasteiger charge is -2.31. The molecular formula is C27H37N3O4S. The zero-order valence-corrected chi connectivity index (χ0v) is 21.9. The zero-order chi connectivity index (χ0) is 25.0. The van der Waals surface area contributed by atoms with Crippen LogP contribution in [0.5, 0.6) is 0 Å². The molecule has 0 saturated carbocycles. The maximum absolute atomic E-state index is 13.3. The first-order valence-corrected chi connectivity index (χ1v) is 13.9. The number of hydrogen-bond acceptors (Lipinski definition) is 5. The third-order valence-electron chi connectivity index (χ3n) is 7.10. The van der Waals surface area contributed by atoms with Crippen molar-refractivity contribution < 1.29 is 17.9 Å². The van der Waals surface area contributed by atoms with Crippen molar-refractivity contribution in [1.82, 2.24) is 14.5 Å². The summed E-state index contributed by atoms with van der Waals surface area (Å²) in [6.45, 7) is 11.1. The van der Waals surface area contributed by atoms with E-state index >= 15 is 0 Å². The van der Waals surface area contributed by atoms with Crippen molar-refractivity contribution in [2.24, 2.45) is 5.92 Å². The van der Waals surface area contributed by atoms with Crippen LogP contribution in [0.15, 0.2) is 41.3 Å². The normalized spacial score (nSPS) is 18.5. The molecule has 1 N–H and O–H groups in total. The van der Waals surface area contributed by atoms with E-state index in [1.54, 1.807) is 4.31 Å². The number of amides is 1. The molecule has 2 saturated heterocycles. The second kappa shape index (κ2) is 11.2. The maximum atomic E-state index is 13.3. The molecule has 2 aliphatic heterocycles. The van der Waals surface area contributed by atoms with Gasteiger partial charge >= 0.3 is 0 Å². The van der Waals surface area contributed by atoms with Gasteiger partial charge in [0.05, 0.1) is 18.1 Å². The van der Waals surface area contributed by atoms with Gasteiger partial charge in [0.2, 0.25) is 15.9 Å². The number of rotatable bonds is 7. The third-order valence-corrected chi connectivity index (χ3v) is 9.30. The highest BCUT2D eigenvalue weighted by Gasteiger charge is 2.33. The van der Waals surface area contributed by atoms with Crippen LogP contribution in [0.25, 0.3) is 0 Å². The van der Waals surface area contributed by atoms with Crippen LogP contribution in [0.3, 0.4) is 0 Å². The molecule has 0 bridgehead atoms. The average molecular weight is 500 g/mol. The van der Waals surface area contributed by atoms with Crippen molar-refractivity contribution in [3.8, 4) is 0 Å². The number of morpholine rings is 1. The molecule has 0 unspecified atom stereocenters. The molecular weight excluding hydrogens is 462 g/mol. The van der Waals surface area contributed by atoms with Crippen molar-refractivity contribution >= 4 is 15.9 Å². The summed E-state index contributed by atoms with van der Waals surface area (Å²) in [5, 5.41) is 3.11. The number of carbonyl (C=O) groups is 1. The molecule has 2 aliphatic rings. The standard InChI is InChI=1S/C27H37N3O4S/c1-20-16-21(2)26(22(3)17-20)35(32,33)30-10-8-23(9-11-30)27(31)28-18-24-6-4-5-7-25(24)19-29-12-14-34-15-13-29/h4-7,16-17,23H,8-15,18-19H2,1-3H3,(H,28,31). The number of hydrogen-bond donors (Lipinski definition) is 1. The van der Waals surface area contributed by atoms with E-state index in [0.29, 0.717) is 37.4 Å². The van der Waals surface area contributed by atoms with Crippen LogP contribution in [-0.4, -0.2) is 62.9 Å². The summed E-state index contributed by atoms with van der Waals surface area (Å²) in [7, 11) is -3.58. The van der Waals surface area contributed by atoms with E-state index in [0.717, 1.165) is 55.1 Å². The van der Waals surface area contributed by atoms with Gasteiger partial charge in [-0.3, -0.25) is 9.69 Å². The lowest BCUT2D eigenvalue weighted by atomic mass is 9.97. The molecule has 0 radical (unpaired) electrons. The first-order chi connectivity index (χ1) is 16.8. The van der Waals surface area contributed by atoms with E-state index in [9.17, 15) is 13.2 Å². The monoisotopic (exact) mass is 499 g/mol. The fraction of sp³-hybridized carbons (Fsp3) is 0.519. The predicted molar refractivity (Wildman–Crippen MR) is 137 cm³/mol. The Morgan fingerprint density at radius 3 is 2.20 bits per heavy atom. The summed E-state index contributed by atoms with van der Waals surface area (Å²) in [4.78, 5) is 15.7. The van der Waals surface area contributed by atoms with E-state index in [2.05, 4.69) is 22.3 Å². The molecule has 0 aliphatic carbocycles. The molecule has 0 spiro atoms. The van der Waals surface area contributed by atoms with Crippen LogP contribution < -0.4 is 5.32 Å². The molecule has 1 amide bonds. The largest absolute Gasteiger partial charge is 0.379 e. The van der Waals surface area contributed by atoms with Gasteiger partial charge in [-0.05, 0) is 55.9 Å². The Hall–Kier alpha value is -2.26. The van der Waals surface area contributed by atoms with Crippen molar-refractivity contribution in [3.63, 3.8) is 0 Å². The minimum atomic E-state index is -3.58. The van der Waals surface area contributed by atoms with Crippen LogP contribution >= 0.6 is 0 Å². The van der Waals surface area contributed by atoms with E-state index in [-0.39, 0.29) is 11.8 Å². The van der Waals surface area contributed by atoms with Gasteiger partial charge in [0, 0.05) is 45.2 Å². The molecule has 2 aromatic rings. The Labute approximate surface area is 209 Å². The molecule has 0 aromatic heterocycles. The van der Waals surface area contributed by atoms with Gasteiger partial charge in [0.1, 0.15) is 0 Å². The minimum Gasteiger partial charge on any atom is -0.379 e. The van der Waals surface area contributed by atoms with Gasteiger partial charge < -0.3 is 10.1 Å². The highest BCUT2D eigenvalue weighted by atomic mass is 32.2. The number of aryl methyl sites for hydroxylation is 3. The lowest BCUT2D eigenvalue weighted by molar-refractivity contribution is -0.126. The summed E-state index contributed by atoms with van der Waals surface area (Å²) >= 11 is 0. The van der Waals surface area contributed by atoms with Crippen molar-refractivity contribution in [2.45, 2.75) is 51.6 Å². The fourth-order valence-corrected chi connectivity index (χ4v) is 7.15. The summed E-state index contributed by atoms with van der Waals surface area (Å²) in [5.41, 5.74) is 4.95. The first-order valence-electron chi connectivity index (χ1n) is 12.5. The summed E-state index contributed by atoms with van der Waals surface area (Å²) in [6, 6.07) is 12.1. The molecule has 35 heavy (non-hydrogen) atoms. The van der Waals surface area contributed by atoms with E-state index in [1.165, 1.54) is 5.56 Å². The van der Waals surface area contributed by atoms with Gasteiger partial charge in [-0.15, -0.1) is 0 Å². The second-order valence-corrected chi connectivity index (χ2v) is 11.7. The quantitative estimate of drug-likeness (QED) is 0.633. The summed E-state index contributed by atoms with van der Waals surface area (Å²) < 4.78 is 33.7. The number of nitrogens with one attached hydrogen (secondary N) is 1. The average Bonchev–Trinajstić information content (AvgIpc) is 2.83. The van der Waals surface area contributed by atoms with Crippen LogP contribution in [0.1, 0.15) is 40.7 Å². The minimum absolute atomic E-state index is 0.00548. The summed E-state index contributed by atoms with van der Waals surface area (Å²) in [6.07, 6.45) is 1.06. The topological polar surface area (TPSA) is 79.0 Å². The number of ether oxygens (including phenoxy) is 1. The van der Waals surface area contributed by atoms with Gasteiger partial charge in [-0.2, -0.15) is 4.31 Å². The third kappa shape index (κ3) is 6.12. The van der Waals surface area contributed by atoms with E-state index < -0.39 is 10.0 Å². The van der Waals surface area contributed by atoms with Gasteiger partial charge in [-0.25, -0.2) is 8.42 Å². The van der Waals surface area contributed by atoms with Crippen LogP contribution in [0, 0.1) is 26.7 Å². The van der Waals surface area contributed by atoms with Gasteiger partial charge in [0.15, 0.2) is 0 Å². The Morgan fingerprint density at radius 1 is 0.971 bits per heavy atom. The molecule has 2 aromatic carbocycles. The molecule has 2 heterocycles. The van der Waals surface area contributed by atoms with Crippen LogP contribution in [-0.2, 0) is 32.6 Å². The second-order valence-electron chi connectivity index (χ2n) is 9.78. The Morgan fingerprint density at radius 2 is 1.57 bits per heavy atom.